The highest BCUT2D eigenvalue weighted by atomic mass is 16.4. The standard InChI is InChI=1S/C17H23N3O2/c1-12(2)9-10-18-16(21)11-15(14-7-5-4-6-8-14)17-20-19-13(3)22-17/h4-8,12,15H,9-11H2,1-3H3,(H,18,21). The Bertz CT molecular complexity index is 593. The van der Waals surface area contributed by atoms with Gasteiger partial charge in [-0.2, -0.15) is 0 Å². The van der Waals surface area contributed by atoms with Crippen LogP contribution in [0.3, 0.4) is 0 Å². The second kappa shape index (κ2) is 7.73. The van der Waals surface area contributed by atoms with Crippen molar-refractivity contribution in [2.45, 2.75) is 39.5 Å². The van der Waals surface area contributed by atoms with Gasteiger partial charge >= 0.3 is 0 Å². The van der Waals surface area contributed by atoms with Crippen molar-refractivity contribution >= 4 is 5.91 Å². The fourth-order valence-electron chi connectivity index (χ4n) is 2.24. The third kappa shape index (κ3) is 4.69. The van der Waals surface area contributed by atoms with Gasteiger partial charge in [0.15, 0.2) is 0 Å². The molecule has 0 spiro atoms. The first-order valence-corrected chi connectivity index (χ1v) is 7.68. The van der Waals surface area contributed by atoms with Crippen LogP contribution in [-0.4, -0.2) is 22.6 Å². The Morgan fingerprint density at radius 1 is 1.23 bits per heavy atom. The van der Waals surface area contributed by atoms with Gasteiger partial charge in [0.2, 0.25) is 17.7 Å². The van der Waals surface area contributed by atoms with Crippen LogP contribution in [0.25, 0.3) is 0 Å². The van der Waals surface area contributed by atoms with Crippen molar-refractivity contribution < 1.29 is 9.21 Å². The molecular formula is C17H23N3O2. The van der Waals surface area contributed by atoms with Crippen LogP contribution in [0.1, 0.15) is 50.0 Å². The van der Waals surface area contributed by atoms with E-state index >= 15 is 0 Å². The van der Waals surface area contributed by atoms with E-state index in [1.165, 1.54) is 0 Å². The summed E-state index contributed by atoms with van der Waals surface area (Å²) in [5.74, 6) is 1.37. The number of aromatic nitrogens is 2. The van der Waals surface area contributed by atoms with Crippen LogP contribution >= 0.6 is 0 Å². The molecule has 1 atom stereocenters. The van der Waals surface area contributed by atoms with E-state index < -0.39 is 0 Å². The molecule has 1 N–H and O–H groups in total. The largest absolute Gasteiger partial charge is 0.425 e. The number of benzene rings is 1. The molecule has 1 heterocycles. The van der Waals surface area contributed by atoms with Gasteiger partial charge in [0.05, 0.1) is 5.92 Å². The molecule has 0 aliphatic heterocycles. The van der Waals surface area contributed by atoms with Crippen molar-refractivity contribution in [1.29, 1.82) is 0 Å². The summed E-state index contributed by atoms with van der Waals surface area (Å²) in [6.07, 6.45) is 1.28. The van der Waals surface area contributed by atoms with Crippen LogP contribution < -0.4 is 5.32 Å². The molecule has 0 saturated carbocycles. The Morgan fingerprint density at radius 2 is 1.95 bits per heavy atom. The molecular weight excluding hydrogens is 278 g/mol. The summed E-state index contributed by atoms with van der Waals surface area (Å²) in [5.41, 5.74) is 1.00. The zero-order valence-corrected chi connectivity index (χ0v) is 13.4. The number of rotatable bonds is 7. The predicted molar refractivity (Wildman–Crippen MR) is 84.4 cm³/mol. The summed E-state index contributed by atoms with van der Waals surface area (Å²) in [7, 11) is 0. The number of hydrogen-bond acceptors (Lipinski definition) is 4. The second-order valence-corrected chi connectivity index (χ2v) is 5.86. The lowest BCUT2D eigenvalue weighted by atomic mass is 9.95. The Kier molecular flexibility index (Phi) is 5.69. The van der Waals surface area contributed by atoms with Gasteiger partial charge in [-0.15, -0.1) is 10.2 Å². The molecule has 0 aliphatic rings. The van der Waals surface area contributed by atoms with Crippen molar-refractivity contribution in [3.8, 4) is 0 Å². The number of carbonyl (C=O) groups excluding carboxylic acids is 1. The summed E-state index contributed by atoms with van der Waals surface area (Å²) < 4.78 is 5.54. The molecule has 5 heteroatoms. The first-order chi connectivity index (χ1) is 10.6. The molecule has 0 saturated heterocycles. The Balaban J connectivity index is 2.07. The van der Waals surface area contributed by atoms with Gasteiger partial charge < -0.3 is 9.73 Å². The van der Waals surface area contributed by atoms with Gasteiger partial charge in [0, 0.05) is 19.9 Å². The topological polar surface area (TPSA) is 68.0 Å². The highest BCUT2D eigenvalue weighted by molar-refractivity contribution is 5.77. The van der Waals surface area contributed by atoms with Crippen LogP contribution in [0, 0.1) is 12.8 Å². The molecule has 2 rings (SSSR count). The van der Waals surface area contributed by atoms with E-state index in [-0.39, 0.29) is 11.8 Å². The van der Waals surface area contributed by atoms with Crippen LogP contribution in [0.15, 0.2) is 34.7 Å². The number of hydrogen-bond donors (Lipinski definition) is 1. The van der Waals surface area contributed by atoms with Crippen molar-refractivity contribution in [1.82, 2.24) is 15.5 Å². The van der Waals surface area contributed by atoms with Crippen LogP contribution in [0.2, 0.25) is 0 Å². The summed E-state index contributed by atoms with van der Waals surface area (Å²) in [6.45, 7) is 6.72. The van der Waals surface area contributed by atoms with Gasteiger partial charge in [0.1, 0.15) is 0 Å². The van der Waals surface area contributed by atoms with E-state index in [1.54, 1.807) is 6.92 Å². The van der Waals surface area contributed by atoms with E-state index in [0.717, 1.165) is 12.0 Å². The number of carbonyl (C=O) groups is 1. The van der Waals surface area contributed by atoms with Crippen molar-refractivity contribution in [2.75, 3.05) is 6.54 Å². The maximum Gasteiger partial charge on any atom is 0.224 e. The molecule has 2 aromatic rings. The lowest BCUT2D eigenvalue weighted by Gasteiger charge is -2.14. The first-order valence-electron chi connectivity index (χ1n) is 7.68. The molecule has 0 fully saturated rings. The Hall–Kier alpha value is -2.17. The minimum atomic E-state index is -0.207. The highest BCUT2D eigenvalue weighted by Crippen LogP contribution is 2.26. The van der Waals surface area contributed by atoms with Crippen molar-refractivity contribution in [3.05, 3.63) is 47.7 Å². The van der Waals surface area contributed by atoms with Crippen LogP contribution in [0.4, 0.5) is 0 Å². The number of amides is 1. The Labute approximate surface area is 131 Å². The number of aryl methyl sites for hydroxylation is 1. The maximum atomic E-state index is 12.2. The summed E-state index contributed by atoms with van der Waals surface area (Å²) in [4.78, 5) is 12.2. The van der Waals surface area contributed by atoms with E-state index in [0.29, 0.717) is 30.7 Å². The summed E-state index contributed by atoms with van der Waals surface area (Å²) >= 11 is 0. The third-order valence-electron chi connectivity index (χ3n) is 3.48. The monoisotopic (exact) mass is 301 g/mol. The van der Waals surface area contributed by atoms with E-state index in [2.05, 4.69) is 29.4 Å². The fraction of sp³-hybridized carbons (Fsp3) is 0.471. The second-order valence-electron chi connectivity index (χ2n) is 5.86. The molecule has 0 radical (unpaired) electrons. The van der Waals surface area contributed by atoms with E-state index in [9.17, 15) is 4.79 Å². The molecule has 0 aliphatic carbocycles. The zero-order chi connectivity index (χ0) is 15.9. The molecule has 118 valence electrons. The normalized spacial score (nSPS) is 12.4. The number of nitrogens with one attached hydrogen (secondary N) is 1. The minimum absolute atomic E-state index is 0.00496. The number of nitrogens with zero attached hydrogens (tertiary/aromatic N) is 2. The van der Waals surface area contributed by atoms with E-state index in [1.807, 2.05) is 30.3 Å². The molecule has 0 bridgehead atoms. The van der Waals surface area contributed by atoms with Crippen molar-refractivity contribution in [3.63, 3.8) is 0 Å². The Morgan fingerprint density at radius 3 is 2.55 bits per heavy atom. The van der Waals surface area contributed by atoms with Gasteiger partial charge in [0.25, 0.3) is 0 Å². The molecule has 22 heavy (non-hydrogen) atoms. The molecule has 1 amide bonds. The molecule has 1 aromatic carbocycles. The average molecular weight is 301 g/mol. The van der Waals surface area contributed by atoms with Gasteiger partial charge in [-0.1, -0.05) is 44.2 Å². The highest BCUT2D eigenvalue weighted by Gasteiger charge is 2.23. The molecule has 1 unspecified atom stereocenters. The summed E-state index contributed by atoms with van der Waals surface area (Å²) in [5, 5.41) is 10.9. The lowest BCUT2D eigenvalue weighted by Crippen LogP contribution is -2.27. The van der Waals surface area contributed by atoms with Gasteiger partial charge in [-0.25, -0.2) is 0 Å². The maximum absolute atomic E-state index is 12.2. The SMILES string of the molecule is Cc1nnc(C(CC(=O)NCCC(C)C)c2ccccc2)o1. The first kappa shape index (κ1) is 16.2. The van der Waals surface area contributed by atoms with Gasteiger partial charge in [-0.3, -0.25) is 4.79 Å². The van der Waals surface area contributed by atoms with Gasteiger partial charge in [-0.05, 0) is 17.9 Å². The van der Waals surface area contributed by atoms with Crippen LogP contribution in [0.5, 0.6) is 0 Å². The predicted octanol–water partition coefficient (Wildman–Crippen LogP) is 3.06. The minimum Gasteiger partial charge on any atom is -0.425 e. The fourth-order valence-corrected chi connectivity index (χ4v) is 2.24. The summed E-state index contributed by atoms with van der Waals surface area (Å²) in [6, 6.07) is 9.80. The smallest absolute Gasteiger partial charge is 0.224 e. The lowest BCUT2D eigenvalue weighted by molar-refractivity contribution is -0.121. The molecule has 5 nitrogen and oxygen atoms in total. The third-order valence-corrected chi connectivity index (χ3v) is 3.48. The zero-order valence-electron chi connectivity index (χ0n) is 13.4. The van der Waals surface area contributed by atoms with Crippen molar-refractivity contribution in [2.24, 2.45) is 5.92 Å². The molecule has 1 aromatic heterocycles. The van der Waals surface area contributed by atoms with Crippen LogP contribution in [-0.2, 0) is 4.79 Å². The average Bonchev–Trinajstić information content (AvgIpc) is 2.91. The van der Waals surface area contributed by atoms with E-state index in [4.69, 9.17) is 4.42 Å². The quantitative estimate of drug-likeness (QED) is 0.853.